The van der Waals surface area contributed by atoms with Crippen molar-refractivity contribution in [3.8, 4) is 22.8 Å². The van der Waals surface area contributed by atoms with Crippen LogP contribution in [0.3, 0.4) is 0 Å². The summed E-state index contributed by atoms with van der Waals surface area (Å²) in [4.78, 5) is 75.9. The second-order valence-corrected chi connectivity index (χ2v) is 36.8. The summed E-state index contributed by atoms with van der Waals surface area (Å²) in [5.74, 6) is -1.43. The summed E-state index contributed by atoms with van der Waals surface area (Å²) in [6, 6.07) is 65.1. The van der Waals surface area contributed by atoms with Crippen LogP contribution >= 0.6 is 0 Å². The average molecular weight is 1800 g/mol. The van der Waals surface area contributed by atoms with E-state index < -0.39 is 51.9 Å². The number of H-pyrrole nitrogens is 1. The number of aromatic carboxylic acids is 7. The Hall–Kier alpha value is -12.8. The molecule has 0 aliphatic rings. The molecule has 0 bridgehead atoms. The van der Waals surface area contributed by atoms with E-state index in [1.165, 1.54) is 5.56 Å². The van der Waals surface area contributed by atoms with E-state index in [-0.39, 0.29) is 35.5 Å². The van der Waals surface area contributed by atoms with Crippen molar-refractivity contribution in [3.05, 3.63) is 341 Å². The summed E-state index contributed by atoms with van der Waals surface area (Å²) in [5, 5.41) is 82.3. The Morgan fingerprint density at radius 2 is 0.562 bits per heavy atom. The van der Waals surface area contributed by atoms with Crippen LogP contribution in [0.1, 0.15) is 336 Å². The Bertz CT molecular complexity index is 5150. The molecule has 1 aromatic heterocycles. The van der Waals surface area contributed by atoms with Gasteiger partial charge in [-0.15, -0.1) is 0 Å². The molecule has 11 aromatic rings. The first-order valence-electron chi connectivity index (χ1n) is 43.7. The molecular formula is C108H139N3O18S. The number of rotatable bonds is 23. The average Bonchev–Trinajstić information content (AvgIpc) is 1.28. The Morgan fingerprint density at radius 3 is 0.846 bits per heavy atom. The maximum Gasteiger partial charge on any atom is 0.335 e. The van der Waals surface area contributed by atoms with Crippen LogP contribution in [0.5, 0.6) is 11.5 Å². The molecule has 10 aromatic carbocycles. The summed E-state index contributed by atoms with van der Waals surface area (Å²) < 4.78 is 26.9. The highest BCUT2D eigenvalue weighted by Gasteiger charge is 2.20. The predicted molar refractivity (Wildman–Crippen MR) is 524 cm³/mol. The van der Waals surface area contributed by atoms with Crippen LogP contribution in [-0.4, -0.2) is 113 Å². The first-order chi connectivity index (χ1) is 60.7. The number of nitrogens with zero attached hydrogens (tertiary/aromatic N) is 2. The molecule has 0 saturated carbocycles. The van der Waals surface area contributed by atoms with Crippen molar-refractivity contribution >= 4 is 51.9 Å². The highest BCUT2D eigenvalue weighted by molar-refractivity contribution is 7.86. The van der Waals surface area contributed by atoms with Gasteiger partial charge in [0.25, 0.3) is 0 Å². The van der Waals surface area contributed by atoms with Gasteiger partial charge in [0.2, 0.25) is 0 Å². The SMILES string of the molecule is CC(C)Cc1ccccc1C(=O)O.CC(C)Cc1ccccc1O.CC(C)Cc1ccccc1OS(C)(=O)=O.CC(C)c1ccccc1-c1cn[nH]n1.CC(C)c1ccccc1C(=O)O.Cc1ccc(C(C)C)c(C(=O)O)c1.Cc1ccc(C(C)C)c(C(=O)O)c1.Cc1ccc(C(C)C)c(C(=O)O)c1.Cc1ccc(C(C)C)c(C(=O)O)c1.Cc1ccc(C(C)C)c(C(=O)O)c1. The minimum Gasteiger partial charge on any atom is -0.508 e. The van der Waals surface area contributed by atoms with Gasteiger partial charge in [-0.25, -0.2) is 33.6 Å². The van der Waals surface area contributed by atoms with Gasteiger partial charge in [0.1, 0.15) is 17.2 Å². The Balaban J connectivity index is 0.000000489. The minimum atomic E-state index is -3.44. The second-order valence-electron chi connectivity index (χ2n) is 35.2. The fourth-order valence-corrected chi connectivity index (χ4v) is 13.9. The Labute approximate surface area is 771 Å². The van der Waals surface area contributed by atoms with Crippen LogP contribution in [0.2, 0.25) is 0 Å². The highest BCUT2D eigenvalue weighted by Crippen LogP contribution is 2.30. The molecule has 1 heterocycles. The van der Waals surface area contributed by atoms with Gasteiger partial charge in [0.15, 0.2) is 0 Å². The molecule has 21 nitrogen and oxygen atoms in total. The topological polar surface area (TPSA) is 366 Å². The van der Waals surface area contributed by atoms with Gasteiger partial charge in [-0.05, 0) is 223 Å². The number of nitrogens with one attached hydrogen (secondary N) is 1. The number of aromatic hydroxyl groups is 1. The van der Waals surface area contributed by atoms with Crippen molar-refractivity contribution in [1.82, 2.24) is 15.4 Å². The Morgan fingerprint density at radius 1 is 0.308 bits per heavy atom. The summed E-state index contributed by atoms with van der Waals surface area (Å²) in [6.45, 7) is 50.4. The third-order valence-electron chi connectivity index (χ3n) is 19.7. The zero-order valence-electron chi connectivity index (χ0n) is 80.6. The number of carboxylic acid groups (broad SMARTS) is 7. The van der Waals surface area contributed by atoms with Gasteiger partial charge < -0.3 is 45.0 Å². The van der Waals surface area contributed by atoms with Gasteiger partial charge in [-0.3, -0.25) is 0 Å². The molecule has 11 rings (SSSR count). The monoisotopic (exact) mass is 1800 g/mol. The van der Waals surface area contributed by atoms with E-state index in [2.05, 4.69) is 89.0 Å². The maximum absolute atomic E-state index is 11.0. The molecule has 0 spiro atoms. The minimum absolute atomic E-state index is 0.256. The number of aromatic amines is 1. The number of phenolic OH excluding ortho intramolecular Hbond substituents is 1. The maximum atomic E-state index is 11.0. The number of para-hydroxylation sites is 2. The van der Waals surface area contributed by atoms with Crippen LogP contribution in [0.25, 0.3) is 11.3 Å². The largest absolute Gasteiger partial charge is 0.508 e. The lowest BCUT2D eigenvalue weighted by molar-refractivity contribution is 0.0684. The number of hydrogen-bond acceptors (Lipinski definition) is 13. The fraction of sp³-hybridized carbons (Fsp3) is 0.361. The summed E-state index contributed by atoms with van der Waals surface area (Å²) in [7, 11) is -3.44. The molecule has 0 aliphatic carbocycles. The lowest BCUT2D eigenvalue weighted by Crippen LogP contribution is -2.08. The van der Waals surface area contributed by atoms with E-state index in [1.807, 2.05) is 239 Å². The lowest BCUT2D eigenvalue weighted by atomic mass is 9.96. The smallest absolute Gasteiger partial charge is 0.335 e. The van der Waals surface area contributed by atoms with Crippen LogP contribution in [0.15, 0.2) is 219 Å². The molecular weight excluding hydrogens is 1660 g/mol. The van der Waals surface area contributed by atoms with Crippen molar-refractivity contribution in [2.75, 3.05) is 6.26 Å². The molecule has 0 amide bonds. The standard InChI is InChI=1S/C11H13N3.C11H16O3S.6C11H14O2.C10H12O2.C10H14O/c1-8(2)9-5-3-4-6-10(9)11-7-12-14-13-11;1-9(2)8-10-6-4-5-7-11(10)14-15(3,12)13;5*1-7(2)9-5-4-8(3)6-10(9)11(12)13;1-8(2)7-9-5-3-4-6-10(9)11(12)13;1-7(2)8-5-3-4-6-9(8)10(11)12;1-8(2)7-9-5-3-4-6-10(9)11/h3-8H,1-2H3,(H,12,13,14);4-7,9H,8H2,1-3H3;5*4-7H,1-3H3,(H,12,13);3-6,8H,7H2,1-2H3,(H,12,13);3-7H,1-2H3,(H,11,12);3-6,8,11H,7H2,1-2H3. The van der Waals surface area contributed by atoms with E-state index in [0.717, 1.165) is 115 Å². The lowest BCUT2D eigenvalue weighted by Gasteiger charge is -2.10. The second kappa shape index (κ2) is 56.5. The normalized spacial score (nSPS) is 10.6. The van der Waals surface area contributed by atoms with Crippen molar-refractivity contribution in [1.29, 1.82) is 0 Å². The van der Waals surface area contributed by atoms with Crippen LogP contribution in [0, 0.1) is 52.4 Å². The van der Waals surface area contributed by atoms with Crippen molar-refractivity contribution in [3.63, 3.8) is 0 Å². The summed E-state index contributed by atoms with van der Waals surface area (Å²) in [5.41, 5.74) is 19.6. The van der Waals surface area contributed by atoms with E-state index >= 15 is 0 Å². The van der Waals surface area contributed by atoms with E-state index in [1.54, 1.807) is 79.0 Å². The third kappa shape index (κ3) is 41.1. The number of aromatic nitrogens is 3. The molecule has 0 unspecified atom stereocenters. The van der Waals surface area contributed by atoms with E-state index in [9.17, 15) is 47.1 Å². The first-order valence-corrected chi connectivity index (χ1v) is 45.5. The summed E-state index contributed by atoms with van der Waals surface area (Å²) >= 11 is 0. The van der Waals surface area contributed by atoms with Gasteiger partial charge >= 0.3 is 51.9 Å². The highest BCUT2D eigenvalue weighted by atomic mass is 32.2. The van der Waals surface area contributed by atoms with Crippen molar-refractivity contribution in [2.45, 2.75) is 234 Å². The Kier molecular flexibility index (Phi) is 49.2. The van der Waals surface area contributed by atoms with Crippen molar-refractivity contribution < 1.29 is 87.0 Å². The molecule has 0 atom stereocenters. The quantitative estimate of drug-likeness (QED) is 0.0269. The molecule has 700 valence electrons. The molecule has 9 N–H and O–H groups in total. The number of aryl methyl sites for hydroxylation is 5. The first kappa shape index (κ1) is 113. The van der Waals surface area contributed by atoms with E-state index in [0.29, 0.717) is 74.1 Å². The van der Waals surface area contributed by atoms with Gasteiger partial charge in [-0.1, -0.05) is 324 Å². The third-order valence-corrected chi connectivity index (χ3v) is 20.2. The molecule has 130 heavy (non-hydrogen) atoms. The fourth-order valence-electron chi connectivity index (χ4n) is 13.4. The number of benzene rings is 10. The molecule has 0 fully saturated rings. The van der Waals surface area contributed by atoms with Crippen LogP contribution in [0.4, 0.5) is 0 Å². The van der Waals surface area contributed by atoms with E-state index in [4.69, 9.17) is 39.9 Å². The molecule has 22 heteroatoms. The zero-order chi connectivity index (χ0) is 98.7. The van der Waals surface area contributed by atoms with Crippen LogP contribution < -0.4 is 4.18 Å². The van der Waals surface area contributed by atoms with Gasteiger partial charge in [0, 0.05) is 5.56 Å². The van der Waals surface area contributed by atoms with Gasteiger partial charge in [0.05, 0.1) is 51.4 Å². The predicted octanol–water partition coefficient (Wildman–Crippen LogP) is 26.6. The zero-order valence-corrected chi connectivity index (χ0v) is 81.5. The van der Waals surface area contributed by atoms with Crippen molar-refractivity contribution in [2.24, 2.45) is 17.8 Å². The molecule has 0 aliphatic heterocycles. The number of carbonyl (C=O) groups is 7. The molecule has 0 saturated heterocycles. The number of carboxylic acids is 7. The number of hydrogen-bond donors (Lipinski definition) is 9. The number of phenols is 1. The van der Waals surface area contributed by atoms with Gasteiger partial charge in [-0.2, -0.15) is 23.8 Å². The molecule has 0 radical (unpaired) electrons. The summed E-state index contributed by atoms with van der Waals surface area (Å²) in [6.07, 6.45) is 5.39. The van der Waals surface area contributed by atoms with Crippen LogP contribution in [-0.2, 0) is 29.4 Å².